The van der Waals surface area contributed by atoms with Gasteiger partial charge in [-0.3, -0.25) is 4.79 Å². The molecule has 0 heterocycles. The largest absolute Gasteiger partial charge is 0.493 e. The average molecular weight is 261 g/mol. The van der Waals surface area contributed by atoms with Gasteiger partial charge in [0.1, 0.15) is 6.29 Å². The number of hydrogen-bond acceptors (Lipinski definition) is 3. The van der Waals surface area contributed by atoms with Crippen LogP contribution in [0.4, 0.5) is 0 Å². The number of hydrogen-bond donors (Lipinski definition) is 0. The van der Waals surface area contributed by atoms with E-state index in [-0.39, 0.29) is 7.43 Å². The summed E-state index contributed by atoms with van der Waals surface area (Å²) < 4.78 is 10.8. The lowest BCUT2D eigenvalue weighted by Crippen LogP contribution is -1.93. The zero-order chi connectivity index (χ0) is 9.84. The van der Waals surface area contributed by atoms with Crippen LogP contribution in [0.3, 0.4) is 0 Å². The molecule has 0 aliphatic carbocycles. The van der Waals surface area contributed by atoms with Crippen molar-refractivity contribution in [1.29, 1.82) is 0 Å². The van der Waals surface area contributed by atoms with Crippen molar-refractivity contribution in [3.8, 4) is 11.5 Å². The average Bonchev–Trinajstić information content (AvgIpc) is 2.16. The fourth-order valence-electron chi connectivity index (χ4n) is 1.01. The molecule has 0 aliphatic rings. The van der Waals surface area contributed by atoms with E-state index in [9.17, 15) is 4.79 Å². The molecule has 0 amide bonds. The van der Waals surface area contributed by atoms with E-state index in [1.807, 2.05) is 0 Å². The number of halogens is 1. The molecule has 0 atom stereocenters. The van der Waals surface area contributed by atoms with Gasteiger partial charge in [-0.05, 0) is 28.1 Å². The predicted octanol–water partition coefficient (Wildman–Crippen LogP) is 2.91. The third kappa shape index (κ3) is 2.48. The van der Waals surface area contributed by atoms with Crippen LogP contribution < -0.4 is 9.47 Å². The molecule has 0 saturated carbocycles. The fourth-order valence-corrected chi connectivity index (χ4v) is 1.63. The van der Waals surface area contributed by atoms with Gasteiger partial charge in [-0.2, -0.15) is 0 Å². The molecule has 0 aromatic heterocycles. The summed E-state index contributed by atoms with van der Waals surface area (Å²) in [6, 6.07) is 3.30. The molecule has 0 aliphatic heterocycles. The Morgan fingerprint density at radius 2 is 1.93 bits per heavy atom. The first kappa shape index (κ1) is 13.0. The van der Waals surface area contributed by atoms with Gasteiger partial charge in [-0.1, -0.05) is 7.43 Å². The number of benzene rings is 1. The van der Waals surface area contributed by atoms with E-state index in [4.69, 9.17) is 9.47 Å². The molecule has 0 bridgehead atoms. The minimum Gasteiger partial charge on any atom is -0.493 e. The molecular formula is C10H13BrO3. The van der Waals surface area contributed by atoms with E-state index in [0.29, 0.717) is 21.5 Å². The Balaban J connectivity index is 0.00000169. The number of aldehydes is 1. The van der Waals surface area contributed by atoms with Crippen LogP contribution in [0.1, 0.15) is 17.8 Å². The number of ether oxygens (including phenoxy) is 2. The Labute approximate surface area is 92.2 Å². The van der Waals surface area contributed by atoms with Crippen molar-refractivity contribution in [3.05, 3.63) is 22.2 Å². The number of methoxy groups -OCH3 is 2. The molecule has 0 fully saturated rings. The van der Waals surface area contributed by atoms with E-state index in [1.54, 1.807) is 19.2 Å². The molecule has 14 heavy (non-hydrogen) atoms. The van der Waals surface area contributed by atoms with Gasteiger partial charge >= 0.3 is 0 Å². The van der Waals surface area contributed by atoms with Crippen LogP contribution >= 0.6 is 15.9 Å². The fraction of sp³-hybridized carbons (Fsp3) is 0.300. The standard InChI is InChI=1S/C9H9BrO3.CH4/c1-12-8-4-6(5-11)3-7(10)9(8)13-2;/h3-5H,1-2H3;1H4. The molecule has 0 unspecified atom stereocenters. The normalized spacial score (nSPS) is 8.79. The minimum atomic E-state index is 0. The highest BCUT2D eigenvalue weighted by atomic mass is 79.9. The van der Waals surface area contributed by atoms with Gasteiger partial charge in [-0.15, -0.1) is 0 Å². The predicted molar refractivity (Wildman–Crippen MR) is 59.4 cm³/mol. The lowest BCUT2D eigenvalue weighted by molar-refractivity contribution is 0.112. The molecule has 1 rings (SSSR count). The SMILES string of the molecule is C.COc1cc(C=O)cc(Br)c1OC. The summed E-state index contributed by atoms with van der Waals surface area (Å²) in [4.78, 5) is 10.5. The highest BCUT2D eigenvalue weighted by Gasteiger charge is 2.09. The van der Waals surface area contributed by atoms with Crippen molar-refractivity contribution in [3.63, 3.8) is 0 Å². The number of carbonyl (C=O) groups excluding carboxylic acids is 1. The van der Waals surface area contributed by atoms with Crippen LogP contribution in [-0.2, 0) is 0 Å². The Morgan fingerprint density at radius 3 is 2.36 bits per heavy atom. The quantitative estimate of drug-likeness (QED) is 0.785. The summed E-state index contributed by atoms with van der Waals surface area (Å²) >= 11 is 3.28. The molecule has 1 aromatic carbocycles. The third-order valence-corrected chi connectivity index (χ3v) is 2.18. The van der Waals surface area contributed by atoms with Gasteiger partial charge in [0, 0.05) is 5.56 Å². The van der Waals surface area contributed by atoms with E-state index >= 15 is 0 Å². The second kappa shape index (κ2) is 5.65. The van der Waals surface area contributed by atoms with Crippen LogP contribution in [0.25, 0.3) is 0 Å². The highest BCUT2D eigenvalue weighted by Crippen LogP contribution is 2.35. The monoisotopic (exact) mass is 260 g/mol. The minimum absolute atomic E-state index is 0. The molecule has 0 saturated heterocycles. The summed E-state index contributed by atoms with van der Waals surface area (Å²) in [5.41, 5.74) is 0.546. The molecule has 1 aromatic rings. The molecule has 4 heteroatoms. The molecule has 0 radical (unpaired) electrons. The first-order chi connectivity index (χ1) is 6.22. The van der Waals surface area contributed by atoms with Crippen molar-refractivity contribution in [2.24, 2.45) is 0 Å². The van der Waals surface area contributed by atoms with Crippen LogP contribution in [0.15, 0.2) is 16.6 Å². The number of carbonyl (C=O) groups is 1. The van der Waals surface area contributed by atoms with Gasteiger partial charge in [0.05, 0.1) is 18.7 Å². The summed E-state index contributed by atoms with van der Waals surface area (Å²) in [5, 5.41) is 0. The van der Waals surface area contributed by atoms with Crippen molar-refractivity contribution in [2.45, 2.75) is 7.43 Å². The van der Waals surface area contributed by atoms with E-state index < -0.39 is 0 Å². The Kier molecular flexibility index (Phi) is 5.23. The van der Waals surface area contributed by atoms with Crippen molar-refractivity contribution < 1.29 is 14.3 Å². The Bertz CT molecular complexity index is 323. The first-order valence-electron chi connectivity index (χ1n) is 3.59. The van der Waals surface area contributed by atoms with Gasteiger partial charge in [0.15, 0.2) is 11.5 Å². The molecule has 0 N–H and O–H groups in total. The van der Waals surface area contributed by atoms with Gasteiger partial charge < -0.3 is 9.47 Å². The van der Waals surface area contributed by atoms with Crippen LogP contribution in [0, 0.1) is 0 Å². The summed E-state index contributed by atoms with van der Waals surface area (Å²) in [5.74, 6) is 1.13. The second-order valence-electron chi connectivity index (χ2n) is 2.36. The number of rotatable bonds is 3. The lowest BCUT2D eigenvalue weighted by atomic mass is 10.2. The zero-order valence-corrected chi connectivity index (χ0v) is 8.92. The maximum atomic E-state index is 10.5. The van der Waals surface area contributed by atoms with Crippen LogP contribution in [0.2, 0.25) is 0 Å². The third-order valence-electron chi connectivity index (χ3n) is 1.59. The smallest absolute Gasteiger partial charge is 0.174 e. The first-order valence-corrected chi connectivity index (χ1v) is 4.39. The van der Waals surface area contributed by atoms with Crippen LogP contribution in [0.5, 0.6) is 11.5 Å². The van der Waals surface area contributed by atoms with Gasteiger partial charge in [-0.25, -0.2) is 0 Å². The molecule has 3 nitrogen and oxygen atoms in total. The molecule has 78 valence electrons. The Morgan fingerprint density at radius 1 is 1.29 bits per heavy atom. The van der Waals surface area contributed by atoms with Gasteiger partial charge in [0.25, 0.3) is 0 Å². The lowest BCUT2D eigenvalue weighted by Gasteiger charge is -2.09. The summed E-state index contributed by atoms with van der Waals surface area (Å²) in [7, 11) is 3.07. The van der Waals surface area contributed by atoms with E-state index in [2.05, 4.69) is 15.9 Å². The Hall–Kier alpha value is -1.03. The van der Waals surface area contributed by atoms with E-state index in [1.165, 1.54) is 7.11 Å². The highest BCUT2D eigenvalue weighted by molar-refractivity contribution is 9.10. The van der Waals surface area contributed by atoms with Crippen molar-refractivity contribution in [1.82, 2.24) is 0 Å². The summed E-state index contributed by atoms with van der Waals surface area (Å²) in [6.07, 6.45) is 0.757. The van der Waals surface area contributed by atoms with E-state index in [0.717, 1.165) is 6.29 Å². The van der Waals surface area contributed by atoms with Crippen molar-refractivity contribution >= 4 is 22.2 Å². The topological polar surface area (TPSA) is 35.5 Å². The molecular weight excluding hydrogens is 248 g/mol. The van der Waals surface area contributed by atoms with Crippen molar-refractivity contribution in [2.75, 3.05) is 14.2 Å². The van der Waals surface area contributed by atoms with Crippen LogP contribution in [-0.4, -0.2) is 20.5 Å². The molecule has 0 spiro atoms. The van der Waals surface area contributed by atoms with Gasteiger partial charge in [0.2, 0.25) is 0 Å². The maximum Gasteiger partial charge on any atom is 0.174 e. The zero-order valence-electron chi connectivity index (χ0n) is 7.33. The maximum absolute atomic E-state index is 10.5. The summed E-state index contributed by atoms with van der Waals surface area (Å²) in [6.45, 7) is 0. The second-order valence-corrected chi connectivity index (χ2v) is 3.21.